The van der Waals surface area contributed by atoms with Crippen molar-refractivity contribution in [2.45, 2.75) is 25.0 Å². The van der Waals surface area contributed by atoms with Crippen molar-refractivity contribution in [3.05, 3.63) is 0 Å². The maximum absolute atomic E-state index is 5.82. The van der Waals surface area contributed by atoms with Gasteiger partial charge < -0.3 is 15.2 Å². The molecule has 0 spiro atoms. The molecule has 1 unspecified atom stereocenters. The lowest BCUT2D eigenvalue weighted by Gasteiger charge is -2.27. The summed E-state index contributed by atoms with van der Waals surface area (Å²) in [5.74, 6) is 0. The molecule has 2 atom stereocenters. The quantitative estimate of drug-likeness (QED) is 0.648. The molecule has 4 nitrogen and oxygen atoms in total. The van der Waals surface area contributed by atoms with Crippen LogP contribution in [-0.4, -0.2) is 50.1 Å². The van der Waals surface area contributed by atoms with Crippen LogP contribution < -0.4 is 5.73 Å². The summed E-state index contributed by atoms with van der Waals surface area (Å²) in [7, 11) is 0. The first-order chi connectivity index (χ1) is 6.34. The number of likely N-dealkylation sites (tertiary alicyclic amines) is 1. The number of nitrogens with two attached hydrogens (primary N) is 1. The highest BCUT2D eigenvalue weighted by atomic mass is 16.7. The van der Waals surface area contributed by atoms with Crippen LogP contribution in [0.25, 0.3) is 0 Å². The topological polar surface area (TPSA) is 47.7 Å². The number of ether oxygens (including phenoxy) is 2. The maximum Gasteiger partial charge on any atom is 0.147 e. The number of nitrogens with zero attached hydrogens (tertiary/aromatic N) is 1. The molecule has 0 saturated carbocycles. The van der Waals surface area contributed by atoms with Crippen molar-refractivity contribution in [2.75, 3.05) is 33.0 Å². The second-order valence-corrected chi connectivity index (χ2v) is 3.91. The summed E-state index contributed by atoms with van der Waals surface area (Å²) >= 11 is 0. The summed E-state index contributed by atoms with van der Waals surface area (Å²) in [6, 6.07) is 0.375. The van der Waals surface area contributed by atoms with Gasteiger partial charge in [-0.15, -0.1) is 0 Å². The Labute approximate surface area is 79.0 Å². The van der Waals surface area contributed by atoms with Crippen molar-refractivity contribution in [3.8, 4) is 0 Å². The van der Waals surface area contributed by atoms with Crippen molar-refractivity contribution in [1.29, 1.82) is 0 Å². The highest BCUT2D eigenvalue weighted by Gasteiger charge is 2.23. The van der Waals surface area contributed by atoms with Crippen LogP contribution in [0.1, 0.15) is 12.8 Å². The molecule has 0 bridgehead atoms. The fraction of sp³-hybridized carbons (Fsp3) is 1.00. The van der Waals surface area contributed by atoms with Gasteiger partial charge in [0.1, 0.15) is 6.79 Å². The molecule has 2 saturated heterocycles. The average molecular weight is 186 g/mol. The van der Waals surface area contributed by atoms with Crippen molar-refractivity contribution in [3.63, 3.8) is 0 Å². The molecule has 0 aromatic heterocycles. The molecule has 13 heavy (non-hydrogen) atoms. The third-order valence-corrected chi connectivity index (χ3v) is 2.74. The molecule has 2 fully saturated rings. The molecule has 76 valence electrons. The Bertz CT molecular complexity index is 157. The van der Waals surface area contributed by atoms with Crippen molar-refractivity contribution in [1.82, 2.24) is 4.90 Å². The van der Waals surface area contributed by atoms with Gasteiger partial charge in [-0.05, 0) is 19.4 Å². The van der Waals surface area contributed by atoms with E-state index in [0.29, 0.717) is 18.9 Å². The summed E-state index contributed by atoms with van der Waals surface area (Å²) in [4.78, 5) is 2.39. The van der Waals surface area contributed by atoms with Gasteiger partial charge in [0.15, 0.2) is 0 Å². The number of hydrogen-bond donors (Lipinski definition) is 1. The van der Waals surface area contributed by atoms with Gasteiger partial charge in [0, 0.05) is 19.1 Å². The van der Waals surface area contributed by atoms with Gasteiger partial charge in [0.2, 0.25) is 0 Å². The fourth-order valence-electron chi connectivity index (χ4n) is 1.96. The smallest absolute Gasteiger partial charge is 0.147 e. The van der Waals surface area contributed by atoms with Crippen molar-refractivity contribution >= 4 is 0 Å². The molecule has 2 aliphatic heterocycles. The summed E-state index contributed by atoms with van der Waals surface area (Å²) < 4.78 is 10.6. The Morgan fingerprint density at radius 2 is 2.31 bits per heavy atom. The minimum absolute atomic E-state index is 0.360. The van der Waals surface area contributed by atoms with E-state index in [1.165, 1.54) is 0 Å². The van der Waals surface area contributed by atoms with E-state index in [9.17, 15) is 0 Å². The van der Waals surface area contributed by atoms with E-state index in [2.05, 4.69) is 4.90 Å². The Hall–Kier alpha value is -0.160. The van der Waals surface area contributed by atoms with Crippen LogP contribution in [0.4, 0.5) is 0 Å². The van der Waals surface area contributed by atoms with Crippen LogP contribution in [0.2, 0.25) is 0 Å². The molecule has 2 rings (SSSR count). The lowest BCUT2D eigenvalue weighted by Crippen LogP contribution is -2.37. The van der Waals surface area contributed by atoms with E-state index in [-0.39, 0.29) is 0 Å². The van der Waals surface area contributed by atoms with E-state index < -0.39 is 0 Å². The second-order valence-electron chi connectivity index (χ2n) is 3.91. The van der Waals surface area contributed by atoms with Gasteiger partial charge in [0.05, 0.1) is 12.7 Å². The van der Waals surface area contributed by atoms with Gasteiger partial charge in [-0.1, -0.05) is 0 Å². The first kappa shape index (κ1) is 9.40. The van der Waals surface area contributed by atoms with E-state index in [1.807, 2.05) is 0 Å². The first-order valence-corrected chi connectivity index (χ1v) is 5.02. The zero-order valence-corrected chi connectivity index (χ0v) is 7.95. The SMILES string of the molecule is N[C@@H]1CCN(CC2CCOCO2)C1. The molecule has 4 heteroatoms. The molecule has 2 aliphatic rings. The Morgan fingerprint density at radius 3 is 2.92 bits per heavy atom. The van der Waals surface area contributed by atoms with E-state index in [0.717, 1.165) is 39.1 Å². The van der Waals surface area contributed by atoms with Crippen LogP contribution in [0.5, 0.6) is 0 Å². The number of rotatable bonds is 2. The Morgan fingerprint density at radius 1 is 1.38 bits per heavy atom. The number of hydrogen-bond acceptors (Lipinski definition) is 4. The minimum atomic E-state index is 0.360. The maximum atomic E-state index is 5.82. The van der Waals surface area contributed by atoms with Crippen LogP contribution in [0, 0.1) is 0 Å². The molecular weight excluding hydrogens is 168 g/mol. The van der Waals surface area contributed by atoms with E-state index in [4.69, 9.17) is 15.2 Å². The Balaban J connectivity index is 1.71. The monoisotopic (exact) mass is 186 g/mol. The van der Waals surface area contributed by atoms with Crippen LogP contribution in [0.3, 0.4) is 0 Å². The molecular formula is C9H18N2O2. The fourth-order valence-corrected chi connectivity index (χ4v) is 1.96. The standard InChI is InChI=1S/C9H18N2O2/c10-8-1-3-11(5-8)6-9-2-4-12-7-13-9/h8-9H,1-7,10H2/t8-,9?/m1/s1. The molecule has 0 radical (unpaired) electrons. The predicted molar refractivity (Wildman–Crippen MR) is 49.3 cm³/mol. The Kier molecular flexibility index (Phi) is 3.16. The molecule has 0 amide bonds. The van der Waals surface area contributed by atoms with Gasteiger partial charge in [0.25, 0.3) is 0 Å². The van der Waals surface area contributed by atoms with Crippen LogP contribution >= 0.6 is 0 Å². The minimum Gasteiger partial charge on any atom is -0.355 e. The normalized spacial score (nSPS) is 36.7. The van der Waals surface area contributed by atoms with Gasteiger partial charge >= 0.3 is 0 Å². The van der Waals surface area contributed by atoms with E-state index in [1.54, 1.807) is 0 Å². The lowest BCUT2D eigenvalue weighted by molar-refractivity contribution is -0.143. The zero-order valence-electron chi connectivity index (χ0n) is 7.95. The summed E-state index contributed by atoms with van der Waals surface area (Å²) in [6.45, 7) is 4.48. The van der Waals surface area contributed by atoms with Crippen molar-refractivity contribution < 1.29 is 9.47 Å². The van der Waals surface area contributed by atoms with Gasteiger partial charge in [-0.25, -0.2) is 0 Å². The van der Waals surface area contributed by atoms with Gasteiger partial charge in [-0.2, -0.15) is 0 Å². The van der Waals surface area contributed by atoms with Gasteiger partial charge in [-0.3, -0.25) is 4.90 Å². The first-order valence-electron chi connectivity index (χ1n) is 5.02. The highest BCUT2D eigenvalue weighted by molar-refractivity contribution is 4.80. The summed E-state index contributed by atoms with van der Waals surface area (Å²) in [6.07, 6.45) is 2.51. The summed E-state index contributed by atoms with van der Waals surface area (Å²) in [5, 5.41) is 0. The molecule has 0 aromatic rings. The molecule has 2 heterocycles. The van der Waals surface area contributed by atoms with E-state index >= 15 is 0 Å². The third-order valence-electron chi connectivity index (χ3n) is 2.74. The molecule has 2 N–H and O–H groups in total. The average Bonchev–Trinajstić information content (AvgIpc) is 2.53. The molecule has 0 aliphatic carbocycles. The zero-order chi connectivity index (χ0) is 9.10. The largest absolute Gasteiger partial charge is 0.355 e. The van der Waals surface area contributed by atoms with Crippen LogP contribution in [-0.2, 0) is 9.47 Å². The highest BCUT2D eigenvalue weighted by Crippen LogP contribution is 2.12. The lowest BCUT2D eigenvalue weighted by atomic mass is 10.2. The predicted octanol–water partition coefficient (Wildman–Crippen LogP) is -0.218. The summed E-state index contributed by atoms with van der Waals surface area (Å²) in [5.41, 5.74) is 5.82. The molecule has 0 aromatic carbocycles. The third kappa shape index (κ3) is 2.64. The van der Waals surface area contributed by atoms with Crippen LogP contribution in [0.15, 0.2) is 0 Å². The second kappa shape index (κ2) is 4.37. The van der Waals surface area contributed by atoms with Crippen molar-refractivity contribution in [2.24, 2.45) is 5.73 Å².